The van der Waals surface area contributed by atoms with E-state index in [0.717, 1.165) is 62.2 Å². The molecule has 0 aromatic carbocycles. The second-order valence-corrected chi connectivity index (χ2v) is 4.81. The van der Waals surface area contributed by atoms with Gasteiger partial charge in [-0.05, 0) is 39.0 Å². The van der Waals surface area contributed by atoms with Gasteiger partial charge in [0.05, 0.1) is 5.69 Å². The van der Waals surface area contributed by atoms with Gasteiger partial charge in [0.25, 0.3) is 5.56 Å². The van der Waals surface area contributed by atoms with Crippen LogP contribution in [0.5, 0.6) is 0 Å². The van der Waals surface area contributed by atoms with Crippen LogP contribution < -0.4 is 5.56 Å². The number of hydrogen-bond donors (Lipinski definition) is 0. The van der Waals surface area contributed by atoms with Gasteiger partial charge in [-0.15, -0.1) is 0 Å². The highest BCUT2D eigenvalue weighted by atomic mass is 16.1. The Morgan fingerprint density at radius 1 is 1.24 bits per heavy atom. The summed E-state index contributed by atoms with van der Waals surface area (Å²) in [7, 11) is 0. The molecule has 0 saturated heterocycles. The third kappa shape index (κ3) is 2.43. The predicted molar refractivity (Wildman–Crippen MR) is 69.4 cm³/mol. The van der Waals surface area contributed by atoms with Gasteiger partial charge in [0, 0.05) is 18.5 Å². The number of fused-ring (bicyclic) bond motifs is 1. The molecular formula is C14H22N2O. The van der Waals surface area contributed by atoms with Crippen LogP contribution in [-0.4, -0.2) is 9.55 Å². The van der Waals surface area contributed by atoms with Crippen LogP contribution in [-0.2, 0) is 25.8 Å². The van der Waals surface area contributed by atoms with Crippen LogP contribution in [0.15, 0.2) is 4.79 Å². The van der Waals surface area contributed by atoms with Crippen LogP contribution in [0, 0.1) is 0 Å². The summed E-state index contributed by atoms with van der Waals surface area (Å²) in [4.78, 5) is 17.1. The molecule has 1 aromatic rings. The van der Waals surface area contributed by atoms with E-state index in [1.807, 2.05) is 11.5 Å². The molecule has 0 N–H and O–H groups in total. The summed E-state index contributed by atoms with van der Waals surface area (Å²) in [6, 6.07) is 0. The van der Waals surface area contributed by atoms with Crippen LogP contribution in [0.1, 0.15) is 56.6 Å². The Morgan fingerprint density at radius 3 is 2.71 bits per heavy atom. The molecule has 0 amide bonds. The highest BCUT2D eigenvalue weighted by molar-refractivity contribution is 5.21. The summed E-state index contributed by atoms with van der Waals surface area (Å²) in [5.74, 6) is 1.00. The smallest absolute Gasteiger partial charge is 0.256 e. The first-order chi connectivity index (χ1) is 8.27. The van der Waals surface area contributed by atoms with Crippen molar-refractivity contribution < 1.29 is 0 Å². The van der Waals surface area contributed by atoms with E-state index < -0.39 is 0 Å². The molecule has 1 heterocycles. The van der Waals surface area contributed by atoms with E-state index in [2.05, 4.69) is 6.92 Å². The number of aromatic nitrogens is 2. The molecule has 1 aliphatic rings. The van der Waals surface area contributed by atoms with Crippen molar-refractivity contribution >= 4 is 0 Å². The first-order valence-corrected chi connectivity index (χ1v) is 6.89. The van der Waals surface area contributed by atoms with Crippen molar-refractivity contribution in [3.05, 3.63) is 27.4 Å². The third-order valence-electron chi connectivity index (χ3n) is 3.59. The van der Waals surface area contributed by atoms with Gasteiger partial charge in [0.15, 0.2) is 0 Å². The van der Waals surface area contributed by atoms with Gasteiger partial charge in [0.2, 0.25) is 0 Å². The summed E-state index contributed by atoms with van der Waals surface area (Å²) in [6.45, 7) is 4.96. The molecular weight excluding hydrogens is 212 g/mol. The summed E-state index contributed by atoms with van der Waals surface area (Å²) in [5.41, 5.74) is 2.29. The van der Waals surface area contributed by atoms with Crippen molar-refractivity contribution in [1.82, 2.24) is 9.55 Å². The second kappa shape index (κ2) is 5.48. The van der Waals surface area contributed by atoms with E-state index in [-0.39, 0.29) is 5.56 Å². The van der Waals surface area contributed by atoms with Gasteiger partial charge in [0.1, 0.15) is 5.82 Å². The van der Waals surface area contributed by atoms with Gasteiger partial charge in [-0.1, -0.05) is 13.3 Å². The van der Waals surface area contributed by atoms with E-state index in [1.54, 1.807) is 0 Å². The van der Waals surface area contributed by atoms with Gasteiger partial charge in [-0.25, -0.2) is 4.98 Å². The molecule has 17 heavy (non-hydrogen) atoms. The lowest BCUT2D eigenvalue weighted by molar-refractivity contribution is 0.573. The summed E-state index contributed by atoms with van der Waals surface area (Å²) in [5, 5.41) is 0. The molecule has 0 atom stereocenters. The van der Waals surface area contributed by atoms with E-state index in [9.17, 15) is 4.79 Å². The fourth-order valence-corrected chi connectivity index (χ4v) is 2.59. The number of rotatable bonds is 4. The first-order valence-electron chi connectivity index (χ1n) is 6.89. The van der Waals surface area contributed by atoms with E-state index in [4.69, 9.17) is 4.98 Å². The lowest BCUT2D eigenvalue weighted by Crippen LogP contribution is -2.31. The molecule has 0 radical (unpaired) electrons. The largest absolute Gasteiger partial charge is 0.297 e. The molecule has 0 unspecified atom stereocenters. The summed E-state index contributed by atoms with van der Waals surface area (Å²) in [6.07, 6.45) is 7.45. The zero-order valence-electron chi connectivity index (χ0n) is 11.0. The van der Waals surface area contributed by atoms with Crippen LogP contribution in [0.3, 0.4) is 0 Å². The molecule has 0 bridgehead atoms. The normalized spacial score (nSPS) is 14.7. The van der Waals surface area contributed by atoms with Crippen molar-refractivity contribution in [3.8, 4) is 0 Å². The minimum absolute atomic E-state index is 0.225. The lowest BCUT2D eigenvalue weighted by Gasteiger charge is -2.18. The first kappa shape index (κ1) is 12.3. The molecule has 94 valence electrons. The Kier molecular flexibility index (Phi) is 3.97. The Bertz CT molecular complexity index is 448. The van der Waals surface area contributed by atoms with Crippen molar-refractivity contribution in [2.75, 3.05) is 0 Å². The maximum Gasteiger partial charge on any atom is 0.256 e. The second-order valence-electron chi connectivity index (χ2n) is 4.81. The van der Waals surface area contributed by atoms with E-state index in [0.29, 0.717) is 0 Å². The fraction of sp³-hybridized carbons (Fsp3) is 0.714. The number of hydrogen-bond acceptors (Lipinski definition) is 2. The quantitative estimate of drug-likeness (QED) is 0.802. The number of unbranched alkanes of at least 4 members (excludes halogenated alkanes) is 1. The van der Waals surface area contributed by atoms with Crippen molar-refractivity contribution in [2.45, 2.75) is 65.3 Å². The Hall–Kier alpha value is -1.12. The third-order valence-corrected chi connectivity index (χ3v) is 3.59. The van der Waals surface area contributed by atoms with E-state index >= 15 is 0 Å². The van der Waals surface area contributed by atoms with Crippen LogP contribution in [0.4, 0.5) is 0 Å². The molecule has 2 rings (SSSR count). The summed E-state index contributed by atoms with van der Waals surface area (Å²) < 4.78 is 1.87. The highest BCUT2D eigenvalue weighted by Crippen LogP contribution is 2.17. The van der Waals surface area contributed by atoms with Crippen LogP contribution in [0.25, 0.3) is 0 Å². The molecule has 0 aliphatic heterocycles. The van der Waals surface area contributed by atoms with Gasteiger partial charge >= 0.3 is 0 Å². The number of nitrogens with zero attached hydrogens (tertiary/aromatic N) is 2. The molecule has 1 aromatic heterocycles. The van der Waals surface area contributed by atoms with Crippen molar-refractivity contribution in [2.24, 2.45) is 0 Å². The fourth-order valence-electron chi connectivity index (χ4n) is 2.59. The molecule has 0 fully saturated rings. The minimum Gasteiger partial charge on any atom is -0.297 e. The monoisotopic (exact) mass is 234 g/mol. The van der Waals surface area contributed by atoms with E-state index in [1.165, 1.54) is 6.42 Å². The average molecular weight is 234 g/mol. The molecule has 1 aliphatic carbocycles. The number of aryl methyl sites for hydroxylation is 2. The topological polar surface area (TPSA) is 34.9 Å². The molecule has 0 spiro atoms. The zero-order valence-corrected chi connectivity index (χ0v) is 11.0. The van der Waals surface area contributed by atoms with Gasteiger partial charge < -0.3 is 0 Å². The molecule has 3 heteroatoms. The molecule has 0 saturated carbocycles. The predicted octanol–water partition coefficient (Wildman–Crippen LogP) is 2.48. The maximum atomic E-state index is 12.4. The zero-order chi connectivity index (χ0) is 12.3. The maximum absolute atomic E-state index is 12.4. The average Bonchev–Trinajstić information content (AvgIpc) is 2.36. The standard InChI is InChI=1S/C14H22N2O/c1-3-5-10-13-15-12-9-7-6-8-11(12)14(17)16(13)4-2/h3-10H2,1-2H3. The summed E-state index contributed by atoms with van der Waals surface area (Å²) >= 11 is 0. The SMILES string of the molecule is CCCCc1nc2c(c(=O)n1CC)CCCC2. The Balaban J connectivity index is 2.44. The highest BCUT2D eigenvalue weighted by Gasteiger charge is 2.18. The minimum atomic E-state index is 0.225. The van der Waals surface area contributed by atoms with Gasteiger partial charge in [-0.3, -0.25) is 9.36 Å². The van der Waals surface area contributed by atoms with Crippen molar-refractivity contribution in [1.29, 1.82) is 0 Å². The Morgan fingerprint density at radius 2 is 2.00 bits per heavy atom. The van der Waals surface area contributed by atoms with Crippen molar-refractivity contribution in [3.63, 3.8) is 0 Å². The lowest BCUT2D eigenvalue weighted by atomic mass is 9.97. The van der Waals surface area contributed by atoms with Gasteiger partial charge in [-0.2, -0.15) is 0 Å². The van der Waals surface area contributed by atoms with Crippen LogP contribution >= 0.6 is 0 Å². The molecule has 3 nitrogen and oxygen atoms in total. The van der Waals surface area contributed by atoms with Crippen LogP contribution in [0.2, 0.25) is 0 Å². The Labute approximate surface area is 103 Å².